The van der Waals surface area contributed by atoms with E-state index in [2.05, 4.69) is 28.5 Å². The van der Waals surface area contributed by atoms with Crippen molar-refractivity contribution in [2.75, 3.05) is 11.1 Å². The summed E-state index contributed by atoms with van der Waals surface area (Å²) < 4.78 is 15.4. The van der Waals surface area contributed by atoms with E-state index in [9.17, 15) is 9.18 Å². The minimum absolute atomic E-state index is 0.155. The zero-order chi connectivity index (χ0) is 18.5. The summed E-state index contributed by atoms with van der Waals surface area (Å²) in [5.74, 6) is -0.411. The molecule has 26 heavy (non-hydrogen) atoms. The quantitative estimate of drug-likeness (QED) is 0.666. The average molecular weight is 370 g/mol. The number of hydrogen-bond donors (Lipinski definition) is 1. The van der Waals surface area contributed by atoms with Crippen molar-refractivity contribution >= 4 is 23.4 Å². The van der Waals surface area contributed by atoms with Gasteiger partial charge in [0.1, 0.15) is 12.1 Å². The maximum absolute atomic E-state index is 13.6. The number of carbonyl (C=O) groups is 1. The first kappa shape index (κ1) is 18.1. The van der Waals surface area contributed by atoms with E-state index in [1.165, 1.54) is 23.4 Å². The summed E-state index contributed by atoms with van der Waals surface area (Å²) in [6, 6.07) is 12.6. The molecule has 1 heterocycles. The summed E-state index contributed by atoms with van der Waals surface area (Å²) in [5, 5.41) is 11.4. The molecule has 0 saturated heterocycles. The molecule has 0 atom stereocenters. The van der Waals surface area contributed by atoms with Crippen molar-refractivity contribution < 1.29 is 9.18 Å². The fraction of sp³-hybridized carbons (Fsp3) is 0.211. The van der Waals surface area contributed by atoms with E-state index < -0.39 is 0 Å². The lowest BCUT2D eigenvalue weighted by Gasteiger charge is -2.10. The van der Waals surface area contributed by atoms with Crippen LogP contribution in [0, 0.1) is 12.7 Å². The van der Waals surface area contributed by atoms with Gasteiger partial charge < -0.3 is 5.32 Å². The molecule has 1 N–H and O–H groups in total. The zero-order valence-corrected chi connectivity index (χ0v) is 15.4. The number of nitrogens with one attached hydrogen (secondary N) is 1. The summed E-state index contributed by atoms with van der Waals surface area (Å²) in [4.78, 5) is 12.2. The molecule has 0 unspecified atom stereocenters. The van der Waals surface area contributed by atoms with Crippen LogP contribution >= 0.6 is 11.8 Å². The van der Waals surface area contributed by atoms with Gasteiger partial charge in [0.05, 0.1) is 11.4 Å². The van der Waals surface area contributed by atoms with E-state index in [-0.39, 0.29) is 17.5 Å². The number of amides is 1. The maximum atomic E-state index is 13.6. The summed E-state index contributed by atoms with van der Waals surface area (Å²) in [5.41, 5.74) is 3.16. The highest BCUT2D eigenvalue weighted by molar-refractivity contribution is 7.99. The van der Waals surface area contributed by atoms with Crippen molar-refractivity contribution in [2.24, 2.45) is 0 Å². The Hall–Kier alpha value is -2.67. The second kappa shape index (κ2) is 8.14. The number of hydrogen-bond acceptors (Lipinski definition) is 4. The third-order valence-corrected chi connectivity index (χ3v) is 4.88. The molecule has 0 aliphatic carbocycles. The largest absolute Gasteiger partial charge is 0.325 e. The monoisotopic (exact) mass is 370 g/mol. The highest BCUT2D eigenvalue weighted by Crippen LogP contribution is 2.23. The lowest BCUT2D eigenvalue weighted by Crippen LogP contribution is -2.14. The molecule has 134 valence electrons. The molecular formula is C19H19FN4OS. The Morgan fingerprint density at radius 2 is 2.08 bits per heavy atom. The molecular weight excluding hydrogens is 351 g/mol. The highest BCUT2D eigenvalue weighted by Gasteiger charge is 2.12. The normalized spacial score (nSPS) is 10.7. The van der Waals surface area contributed by atoms with Crippen LogP contribution in [0.3, 0.4) is 0 Å². The summed E-state index contributed by atoms with van der Waals surface area (Å²) >= 11 is 1.29. The SMILES string of the molecule is CCc1ccccc1-n1cnnc1SCC(=O)Nc1ccc(C)c(F)c1. The molecule has 1 amide bonds. The van der Waals surface area contributed by atoms with Crippen molar-refractivity contribution in [1.29, 1.82) is 0 Å². The summed E-state index contributed by atoms with van der Waals surface area (Å²) in [6.45, 7) is 3.77. The third kappa shape index (κ3) is 4.11. The molecule has 3 rings (SSSR count). The van der Waals surface area contributed by atoms with Gasteiger partial charge in [0, 0.05) is 5.69 Å². The minimum Gasteiger partial charge on any atom is -0.325 e. The zero-order valence-electron chi connectivity index (χ0n) is 14.6. The van der Waals surface area contributed by atoms with Crippen LogP contribution in [0.1, 0.15) is 18.1 Å². The Kier molecular flexibility index (Phi) is 5.68. The third-order valence-electron chi connectivity index (χ3n) is 3.94. The van der Waals surface area contributed by atoms with Crippen LogP contribution in [0.2, 0.25) is 0 Å². The van der Waals surface area contributed by atoms with Crippen LogP contribution in [-0.4, -0.2) is 26.4 Å². The minimum atomic E-state index is -0.341. The fourth-order valence-electron chi connectivity index (χ4n) is 2.53. The number of nitrogens with zero attached hydrogens (tertiary/aromatic N) is 3. The highest BCUT2D eigenvalue weighted by atomic mass is 32.2. The van der Waals surface area contributed by atoms with Crippen LogP contribution in [0.25, 0.3) is 5.69 Å². The molecule has 0 aliphatic heterocycles. The van der Waals surface area contributed by atoms with E-state index in [1.54, 1.807) is 25.4 Å². The number of thioether (sulfide) groups is 1. The van der Waals surface area contributed by atoms with E-state index >= 15 is 0 Å². The van der Waals surface area contributed by atoms with Gasteiger partial charge in [-0.3, -0.25) is 9.36 Å². The van der Waals surface area contributed by atoms with Crippen molar-refractivity contribution in [1.82, 2.24) is 14.8 Å². The first-order chi connectivity index (χ1) is 12.6. The Labute approximate surface area is 155 Å². The van der Waals surface area contributed by atoms with Gasteiger partial charge in [-0.2, -0.15) is 0 Å². The Balaban J connectivity index is 1.68. The van der Waals surface area contributed by atoms with Gasteiger partial charge in [-0.05, 0) is 42.7 Å². The average Bonchev–Trinajstić information content (AvgIpc) is 3.11. The van der Waals surface area contributed by atoms with Crippen LogP contribution in [0.5, 0.6) is 0 Å². The van der Waals surface area contributed by atoms with E-state index in [4.69, 9.17) is 0 Å². The van der Waals surface area contributed by atoms with E-state index in [1.807, 2.05) is 22.8 Å². The number of para-hydroxylation sites is 1. The molecule has 0 bridgehead atoms. The van der Waals surface area contributed by atoms with Crippen molar-refractivity contribution in [3.05, 3.63) is 65.7 Å². The van der Waals surface area contributed by atoms with Crippen LogP contribution in [0.15, 0.2) is 53.9 Å². The van der Waals surface area contributed by atoms with Crippen LogP contribution in [0.4, 0.5) is 10.1 Å². The second-order valence-corrected chi connectivity index (χ2v) is 6.71. The molecule has 3 aromatic rings. The summed E-state index contributed by atoms with van der Waals surface area (Å²) in [6.07, 6.45) is 2.53. The van der Waals surface area contributed by atoms with Gasteiger partial charge in [-0.1, -0.05) is 43.0 Å². The van der Waals surface area contributed by atoms with E-state index in [0.29, 0.717) is 16.4 Å². The van der Waals surface area contributed by atoms with Gasteiger partial charge >= 0.3 is 0 Å². The number of halogens is 1. The van der Waals surface area contributed by atoms with Crippen molar-refractivity contribution in [2.45, 2.75) is 25.4 Å². The van der Waals surface area contributed by atoms with E-state index in [0.717, 1.165) is 12.1 Å². The van der Waals surface area contributed by atoms with Crippen LogP contribution in [-0.2, 0) is 11.2 Å². The Morgan fingerprint density at radius 1 is 1.27 bits per heavy atom. The number of aryl methyl sites for hydroxylation is 2. The van der Waals surface area contributed by atoms with Gasteiger partial charge in [0.25, 0.3) is 0 Å². The predicted molar refractivity (Wildman–Crippen MR) is 101 cm³/mol. The number of rotatable bonds is 6. The van der Waals surface area contributed by atoms with Gasteiger partial charge in [-0.15, -0.1) is 10.2 Å². The lowest BCUT2D eigenvalue weighted by atomic mass is 10.1. The molecule has 2 aromatic carbocycles. The maximum Gasteiger partial charge on any atom is 0.234 e. The molecule has 5 nitrogen and oxygen atoms in total. The number of carbonyl (C=O) groups excluding carboxylic acids is 1. The van der Waals surface area contributed by atoms with Crippen LogP contribution < -0.4 is 5.32 Å². The molecule has 0 aliphatic rings. The van der Waals surface area contributed by atoms with Gasteiger partial charge in [-0.25, -0.2) is 4.39 Å². The number of anilines is 1. The Bertz CT molecular complexity index is 925. The smallest absolute Gasteiger partial charge is 0.234 e. The number of aromatic nitrogens is 3. The molecule has 0 fully saturated rings. The standard InChI is InChI=1S/C19H19FN4OS/c1-3-14-6-4-5-7-17(14)24-12-21-23-19(24)26-11-18(25)22-15-9-8-13(2)16(20)10-15/h4-10,12H,3,11H2,1-2H3,(H,22,25). The first-order valence-corrected chi connectivity index (χ1v) is 9.24. The predicted octanol–water partition coefficient (Wildman–Crippen LogP) is 4.01. The van der Waals surface area contributed by atoms with Gasteiger partial charge in [0.2, 0.25) is 5.91 Å². The fourth-order valence-corrected chi connectivity index (χ4v) is 3.25. The van der Waals surface area contributed by atoms with Crippen molar-refractivity contribution in [3.8, 4) is 5.69 Å². The molecule has 1 aromatic heterocycles. The first-order valence-electron chi connectivity index (χ1n) is 8.25. The summed E-state index contributed by atoms with van der Waals surface area (Å²) in [7, 11) is 0. The molecule has 0 spiro atoms. The molecule has 7 heteroatoms. The topological polar surface area (TPSA) is 59.8 Å². The lowest BCUT2D eigenvalue weighted by molar-refractivity contribution is -0.113. The van der Waals surface area contributed by atoms with Gasteiger partial charge in [0.15, 0.2) is 5.16 Å². The molecule has 0 saturated carbocycles. The molecule has 0 radical (unpaired) electrons. The Morgan fingerprint density at radius 3 is 2.85 bits per heavy atom. The van der Waals surface area contributed by atoms with Crippen molar-refractivity contribution in [3.63, 3.8) is 0 Å². The second-order valence-electron chi connectivity index (χ2n) is 5.77. The number of benzene rings is 2.